The fraction of sp³-hybridized carbons (Fsp3) is 0.148. The van der Waals surface area contributed by atoms with E-state index >= 15 is 0 Å². The molecular weight excluding hydrogens is 545 g/mol. The molecule has 41 heavy (non-hydrogen) atoms. The summed E-state index contributed by atoms with van der Waals surface area (Å²) >= 11 is 0. The molecule has 0 aliphatic rings. The van der Waals surface area contributed by atoms with Crippen LogP contribution in [0.25, 0.3) is 16.6 Å². The lowest BCUT2D eigenvalue weighted by molar-refractivity contribution is -0.275. The van der Waals surface area contributed by atoms with Gasteiger partial charge in [0, 0.05) is 23.8 Å². The molecule has 14 heteroatoms. The van der Waals surface area contributed by atoms with Gasteiger partial charge in [-0.05, 0) is 43.3 Å². The first kappa shape index (κ1) is 27.2. The maximum atomic E-state index is 13.0. The Kier molecular flexibility index (Phi) is 7.54. The van der Waals surface area contributed by atoms with Gasteiger partial charge in [-0.2, -0.15) is 5.10 Å². The van der Waals surface area contributed by atoms with Gasteiger partial charge in [0.25, 0.3) is 5.91 Å². The van der Waals surface area contributed by atoms with E-state index in [1.54, 1.807) is 37.6 Å². The summed E-state index contributed by atoms with van der Waals surface area (Å²) < 4.78 is 60.7. The maximum absolute atomic E-state index is 13.0. The summed E-state index contributed by atoms with van der Waals surface area (Å²) in [6, 6.07) is 10.5. The monoisotopic (exact) mass is 566 g/mol. The van der Waals surface area contributed by atoms with E-state index in [-0.39, 0.29) is 39.9 Å². The molecule has 210 valence electrons. The van der Waals surface area contributed by atoms with Crippen molar-refractivity contribution in [1.29, 1.82) is 0 Å². The van der Waals surface area contributed by atoms with E-state index in [0.717, 1.165) is 6.07 Å². The first-order chi connectivity index (χ1) is 19.7. The second kappa shape index (κ2) is 11.4. The molecular formula is C27H21F3N6O5. The fourth-order valence-corrected chi connectivity index (χ4v) is 3.80. The smallest absolute Gasteiger partial charge is 0.493 e. The molecule has 5 rings (SSSR count). The van der Waals surface area contributed by atoms with Gasteiger partial charge in [-0.25, -0.2) is 9.67 Å². The number of amides is 1. The minimum absolute atomic E-state index is 0.0494. The maximum Gasteiger partial charge on any atom is 0.573 e. The number of nitrogens with one attached hydrogen (secondary N) is 1. The third-order valence-electron chi connectivity index (χ3n) is 5.52. The molecule has 1 N–H and O–H groups in total. The average molecular weight is 566 g/mol. The summed E-state index contributed by atoms with van der Waals surface area (Å²) in [5.74, 6) is -0.303. The number of carbonyl (C=O) groups excluding carboxylic acids is 1. The predicted octanol–water partition coefficient (Wildman–Crippen LogP) is 5.56. The number of pyridine rings is 3. The van der Waals surface area contributed by atoms with E-state index in [4.69, 9.17) is 14.2 Å². The van der Waals surface area contributed by atoms with Crippen LogP contribution in [0.5, 0.6) is 28.7 Å². The van der Waals surface area contributed by atoms with E-state index < -0.39 is 18.0 Å². The molecule has 0 bridgehead atoms. The van der Waals surface area contributed by atoms with E-state index in [1.807, 2.05) is 0 Å². The Bertz CT molecular complexity index is 1680. The van der Waals surface area contributed by atoms with E-state index in [9.17, 15) is 18.0 Å². The first-order valence-electron chi connectivity index (χ1n) is 12.0. The molecule has 0 fully saturated rings. The van der Waals surface area contributed by atoms with Crippen LogP contribution < -0.4 is 24.3 Å². The van der Waals surface area contributed by atoms with Crippen LogP contribution in [0.2, 0.25) is 0 Å². The molecule has 1 aromatic carbocycles. The number of ether oxygens (including phenoxy) is 4. The Labute approximate surface area is 230 Å². The van der Waals surface area contributed by atoms with Crippen molar-refractivity contribution in [2.45, 2.75) is 13.3 Å². The second-order valence-corrected chi connectivity index (χ2v) is 8.24. The molecule has 4 heterocycles. The number of fused-ring (bicyclic) bond motifs is 1. The van der Waals surface area contributed by atoms with Gasteiger partial charge in [0.1, 0.15) is 17.3 Å². The Balaban J connectivity index is 1.35. The summed E-state index contributed by atoms with van der Waals surface area (Å²) in [4.78, 5) is 25.4. The zero-order valence-corrected chi connectivity index (χ0v) is 21.5. The van der Waals surface area contributed by atoms with Crippen molar-refractivity contribution in [3.8, 4) is 34.4 Å². The van der Waals surface area contributed by atoms with Gasteiger partial charge in [-0.15, -0.1) is 13.2 Å². The Morgan fingerprint density at radius 3 is 2.54 bits per heavy atom. The van der Waals surface area contributed by atoms with Gasteiger partial charge in [0.15, 0.2) is 22.9 Å². The van der Waals surface area contributed by atoms with Crippen molar-refractivity contribution in [1.82, 2.24) is 24.7 Å². The summed E-state index contributed by atoms with van der Waals surface area (Å²) in [5.41, 5.74) is 1.02. The fourth-order valence-electron chi connectivity index (χ4n) is 3.80. The minimum atomic E-state index is -4.92. The third kappa shape index (κ3) is 6.27. The average Bonchev–Trinajstić information content (AvgIpc) is 3.38. The number of alkyl halides is 3. The SMILES string of the molecule is CCOc1cn(-c2cccnc2)nc1C(=O)Nc1ccc(Oc2ccnc3cc(OC)c(OC(F)(F)F)cc23)cn1. The lowest BCUT2D eigenvalue weighted by atomic mass is 10.2. The van der Waals surface area contributed by atoms with Crippen LogP contribution >= 0.6 is 0 Å². The molecule has 0 atom stereocenters. The van der Waals surface area contributed by atoms with Crippen LogP contribution in [0.1, 0.15) is 17.4 Å². The quantitative estimate of drug-likeness (QED) is 0.244. The lowest BCUT2D eigenvalue weighted by Gasteiger charge is -2.15. The topological polar surface area (TPSA) is 123 Å². The number of nitrogens with zero attached hydrogens (tertiary/aromatic N) is 5. The summed E-state index contributed by atoms with van der Waals surface area (Å²) in [6.45, 7) is 2.11. The molecule has 4 aromatic heterocycles. The van der Waals surface area contributed by atoms with Crippen molar-refractivity contribution in [3.63, 3.8) is 0 Å². The van der Waals surface area contributed by atoms with Crippen LogP contribution in [0.15, 0.2) is 73.4 Å². The molecule has 0 saturated heterocycles. The lowest BCUT2D eigenvalue weighted by Crippen LogP contribution is -2.17. The Hall–Kier alpha value is -5.40. The van der Waals surface area contributed by atoms with Gasteiger partial charge in [0.05, 0.1) is 43.5 Å². The summed E-state index contributed by atoms with van der Waals surface area (Å²) in [6.07, 6.45) is 2.66. The van der Waals surface area contributed by atoms with Crippen molar-refractivity contribution in [3.05, 3.63) is 79.1 Å². The largest absolute Gasteiger partial charge is 0.573 e. The highest BCUT2D eigenvalue weighted by Crippen LogP contribution is 2.39. The van der Waals surface area contributed by atoms with Crippen LogP contribution in [0.4, 0.5) is 19.0 Å². The number of carbonyl (C=O) groups is 1. The van der Waals surface area contributed by atoms with Gasteiger partial charge in [-0.1, -0.05) is 0 Å². The zero-order chi connectivity index (χ0) is 29.0. The molecule has 0 unspecified atom stereocenters. The highest BCUT2D eigenvalue weighted by atomic mass is 19.4. The number of benzene rings is 1. The van der Waals surface area contributed by atoms with Crippen molar-refractivity contribution in [2.75, 3.05) is 19.0 Å². The van der Waals surface area contributed by atoms with E-state index in [2.05, 4.69) is 30.1 Å². The number of rotatable bonds is 9. The number of anilines is 1. The zero-order valence-electron chi connectivity index (χ0n) is 21.5. The number of aromatic nitrogens is 5. The van der Waals surface area contributed by atoms with Gasteiger partial charge < -0.3 is 24.3 Å². The molecule has 11 nitrogen and oxygen atoms in total. The normalized spacial score (nSPS) is 11.2. The number of halogens is 3. The number of hydrogen-bond donors (Lipinski definition) is 1. The second-order valence-electron chi connectivity index (χ2n) is 8.24. The molecule has 0 radical (unpaired) electrons. The van der Waals surface area contributed by atoms with Crippen LogP contribution in [-0.2, 0) is 0 Å². The Morgan fingerprint density at radius 1 is 1.00 bits per heavy atom. The van der Waals surface area contributed by atoms with Crippen LogP contribution in [-0.4, -0.2) is 50.7 Å². The van der Waals surface area contributed by atoms with Gasteiger partial charge in [0.2, 0.25) is 0 Å². The molecule has 0 saturated carbocycles. The molecule has 0 spiro atoms. The summed E-state index contributed by atoms with van der Waals surface area (Å²) in [5, 5.41) is 7.24. The van der Waals surface area contributed by atoms with Crippen LogP contribution in [0.3, 0.4) is 0 Å². The van der Waals surface area contributed by atoms with Gasteiger partial charge >= 0.3 is 6.36 Å². The van der Waals surface area contributed by atoms with Gasteiger partial charge in [-0.3, -0.25) is 14.8 Å². The molecule has 0 aliphatic carbocycles. The molecule has 0 aliphatic heterocycles. The van der Waals surface area contributed by atoms with E-state index in [1.165, 1.54) is 48.5 Å². The third-order valence-corrected chi connectivity index (χ3v) is 5.52. The molecule has 1 amide bonds. The number of methoxy groups -OCH3 is 1. The van der Waals surface area contributed by atoms with Crippen molar-refractivity contribution >= 4 is 22.6 Å². The standard InChI is InChI=1S/C27H21F3N6O5/c1-3-39-23-15-36(16-5-4-9-31-13-16)35-25(23)26(37)34-24-7-6-17(14-33-24)40-20-8-10-32-19-12-21(38-2)22(11-18(19)20)41-27(28,29)30/h4-15H,3H2,1-2H3,(H,33,34,37). The highest BCUT2D eigenvalue weighted by Gasteiger charge is 2.33. The predicted molar refractivity (Wildman–Crippen MR) is 140 cm³/mol. The highest BCUT2D eigenvalue weighted by molar-refractivity contribution is 6.04. The van der Waals surface area contributed by atoms with Crippen molar-refractivity contribution < 1.29 is 36.9 Å². The van der Waals surface area contributed by atoms with Crippen LogP contribution in [0, 0.1) is 0 Å². The summed E-state index contributed by atoms with van der Waals surface area (Å²) in [7, 11) is 1.22. The van der Waals surface area contributed by atoms with E-state index in [0.29, 0.717) is 17.8 Å². The number of hydrogen-bond acceptors (Lipinski definition) is 9. The minimum Gasteiger partial charge on any atom is -0.493 e. The molecule has 5 aromatic rings. The van der Waals surface area contributed by atoms with Crippen molar-refractivity contribution in [2.24, 2.45) is 0 Å². The Morgan fingerprint density at radius 2 is 1.85 bits per heavy atom. The first-order valence-corrected chi connectivity index (χ1v) is 12.0.